The van der Waals surface area contributed by atoms with E-state index in [4.69, 9.17) is 5.26 Å². The van der Waals surface area contributed by atoms with E-state index in [1.165, 1.54) is 0 Å². The minimum atomic E-state index is 0.0540. The Morgan fingerprint density at radius 3 is 2.88 bits per heavy atom. The normalized spacial score (nSPS) is 20.4. The van der Waals surface area contributed by atoms with Crippen LogP contribution in [0, 0.1) is 11.3 Å². The summed E-state index contributed by atoms with van der Waals surface area (Å²) < 4.78 is 0.564. The molecule has 1 saturated heterocycles. The van der Waals surface area contributed by atoms with Crippen molar-refractivity contribution in [3.05, 3.63) is 27.7 Å². The van der Waals surface area contributed by atoms with Crippen molar-refractivity contribution in [2.45, 2.75) is 6.04 Å². The number of nitriles is 1. The van der Waals surface area contributed by atoms with E-state index >= 15 is 0 Å². The van der Waals surface area contributed by atoms with Crippen LogP contribution < -0.4 is 10.6 Å². The van der Waals surface area contributed by atoms with Gasteiger partial charge in [0.2, 0.25) is 0 Å². The predicted molar refractivity (Wildman–Crippen MR) is 64.1 cm³/mol. The third-order valence-corrected chi connectivity index (χ3v) is 3.24. The Hall–Kier alpha value is -1.09. The fraction of sp³-hybridized carbons (Fsp3) is 0.364. The summed E-state index contributed by atoms with van der Waals surface area (Å²) in [5.74, 6) is 0.209. The molecular weight excluding hydrogens is 270 g/mol. The summed E-state index contributed by atoms with van der Waals surface area (Å²) in [5.41, 5.74) is 1.31. The van der Waals surface area contributed by atoms with Gasteiger partial charge < -0.3 is 15.7 Å². The number of hydrogen-bond acceptors (Lipinski definition) is 4. The Labute approximate surface area is 102 Å². The molecule has 1 aromatic rings. The topological polar surface area (TPSA) is 68.1 Å². The SMILES string of the molecule is N#Cc1cc(Br)c(O)c([C@H]2CNCCN2)c1. The molecule has 1 heterocycles. The quantitative estimate of drug-likeness (QED) is 0.725. The van der Waals surface area contributed by atoms with E-state index in [1.807, 2.05) is 0 Å². The van der Waals surface area contributed by atoms with Gasteiger partial charge in [0.25, 0.3) is 0 Å². The molecule has 4 nitrogen and oxygen atoms in total. The van der Waals surface area contributed by atoms with Gasteiger partial charge in [0.05, 0.1) is 16.1 Å². The van der Waals surface area contributed by atoms with Crippen molar-refractivity contribution in [2.75, 3.05) is 19.6 Å². The average Bonchev–Trinajstić information content (AvgIpc) is 2.33. The first-order valence-electron chi connectivity index (χ1n) is 5.09. The first-order valence-corrected chi connectivity index (χ1v) is 5.88. The van der Waals surface area contributed by atoms with Gasteiger partial charge in [-0.1, -0.05) is 0 Å². The highest BCUT2D eigenvalue weighted by atomic mass is 79.9. The highest BCUT2D eigenvalue weighted by molar-refractivity contribution is 9.10. The lowest BCUT2D eigenvalue weighted by Crippen LogP contribution is -2.42. The van der Waals surface area contributed by atoms with Gasteiger partial charge in [0.1, 0.15) is 5.75 Å². The Balaban J connectivity index is 2.38. The molecule has 0 aliphatic carbocycles. The van der Waals surface area contributed by atoms with Crippen LogP contribution in [0.2, 0.25) is 0 Å². The molecule has 0 unspecified atom stereocenters. The lowest BCUT2D eigenvalue weighted by Gasteiger charge is -2.25. The van der Waals surface area contributed by atoms with Gasteiger partial charge >= 0.3 is 0 Å². The first kappa shape index (κ1) is 11.4. The Morgan fingerprint density at radius 2 is 2.25 bits per heavy atom. The lowest BCUT2D eigenvalue weighted by molar-refractivity contribution is 0.403. The zero-order valence-corrected chi connectivity index (χ0v) is 10.2. The number of aromatic hydroxyl groups is 1. The monoisotopic (exact) mass is 281 g/mol. The number of nitrogens with one attached hydrogen (secondary N) is 2. The molecule has 0 bridgehead atoms. The molecule has 84 valence electrons. The van der Waals surface area contributed by atoms with E-state index < -0.39 is 0 Å². The minimum Gasteiger partial charge on any atom is -0.506 e. The van der Waals surface area contributed by atoms with Crippen LogP contribution in [0.1, 0.15) is 17.2 Å². The van der Waals surface area contributed by atoms with Crippen molar-refractivity contribution >= 4 is 15.9 Å². The van der Waals surface area contributed by atoms with Crippen molar-refractivity contribution in [1.82, 2.24) is 10.6 Å². The van der Waals surface area contributed by atoms with Crippen LogP contribution in [0.4, 0.5) is 0 Å². The van der Waals surface area contributed by atoms with E-state index in [1.54, 1.807) is 12.1 Å². The van der Waals surface area contributed by atoms with E-state index in [9.17, 15) is 5.11 Å². The zero-order chi connectivity index (χ0) is 11.5. The Morgan fingerprint density at radius 1 is 1.44 bits per heavy atom. The van der Waals surface area contributed by atoms with Gasteiger partial charge in [0.15, 0.2) is 0 Å². The molecule has 0 spiro atoms. The fourth-order valence-electron chi connectivity index (χ4n) is 1.82. The average molecular weight is 282 g/mol. The summed E-state index contributed by atoms with van der Waals surface area (Å²) in [4.78, 5) is 0. The maximum Gasteiger partial charge on any atom is 0.134 e. The number of phenols is 1. The number of hydrogen-bond donors (Lipinski definition) is 3. The number of rotatable bonds is 1. The van der Waals surface area contributed by atoms with Crippen LogP contribution in [-0.2, 0) is 0 Å². The van der Waals surface area contributed by atoms with Crippen molar-refractivity contribution in [1.29, 1.82) is 5.26 Å². The molecule has 5 heteroatoms. The largest absolute Gasteiger partial charge is 0.506 e. The Bertz CT molecular complexity index is 436. The van der Waals surface area contributed by atoms with Crippen LogP contribution in [0.15, 0.2) is 16.6 Å². The summed E-state index contributed by atoms with van der Waals surface area (Å²) in [5, 5.41) is 25.4. The molecule has 0 radical (unpaired) electrons. The summed E-state index contributed by atoms with van der Waals surface area (Å²) in [6, 6.07) is 5.49. The highest BCUT2D eigenvalue weighted by Gasteiger charge is 2.19. The molecule has 1 atom stereocenters. The highest BCUT2D eigenvalue weighted by Crippen LogP contribution is 2.33. The molecule has 16 heavy (non-hydrogen) atoms. The fourth-order valence-corrected chi connectivity index (χ4v) is 2.30. The molecule has 0 saturated carbocycles. The summed E-state index contributed by atoms with van der Waals surface area (Å²) in [6.07, 6.45) is 0. The van der Waals surface area contributed by atoms with E-state index in [0.29, 0.717) is 10.0 Å². The molecule has 1 aromatic carbocycles. The van der Waals surface area contributed by atoms with Crippen molar-refractivity contribution in [3.8, 4) is 11.8 Å². The van der Waals surface area contributed by atoms with Gasteiger partial charge in [-0.15, -0.1) is 0 Å². The molecule has 0 aromatic heterocycles. The molecule has 2 rings (SSSR count). The second-order valence-corrected chi connectivity index (χ2v) is 4.57. The summed E-state index contributed by atoms with van der Waals surface area (Å²) >= 11 is 3.26. The molecule has 1 fully saturated rings. The van der Waals surface area contributed by atoms with E-state index in [2.05, 4.69) is 32.6 Å². The van der Waals surface area contributed by atoms with E-state index in [0.717, 1.165) is 25.2 Å². The van der Waals surface area contributed by atoms with Crippen LogP contribution in [0.5, 0.6) is 5.75 Å². The van der Waals surface area contributed by atoms with Crippen LogP contribution in [-0.4, -0.2) is 24.7 Å². The number of piperazine rings is 1. The number of benzene rings is 1. The smallest absolute Gasteiger partial charge is 0.134 e. The summed E-state index contributed by atoms with van der Waals surface area (Å²) in [7, 11) is 0. The molecule has 1 aliphatic rings. The maximum absolute atomic E-state index is 9.95. The third-order valence-electron chi connectivity index (χ3n) is 2.64. The van der Waals surface area contributed by atoms with Crippen molar-refractivity contribution in [2.24, 2.45) is 0 Å². The number of nitrogens with zero attached hydrogens (tertiary/aromatic N) is 1. The van der Waals surface area contributed by atoms with E-state index in [-0.39, 0.29) is 11.8 Å². The predicted octanol–water partition coefficient (Wildman–Crippen LogP) is 1.26. The summed E-state index contributed by atoms with van der Waals surface area (Å²) in [6.45, 7) is 2.55. The van der Waals surface area contributed by atoms with Crippen molar-refractivity contribution < 1.29 is 5.11 Å². The van der Waals surface area contributed by atoms with Crippen LogP contribution in [0.25, 0.3) is 0 Å². The second kappa shape index (κ2) is 4.83. The molecule has 3 N–H and O–H groups in total. The van der Waals surface area contributed by atoms with Crippen LogP contribution in [0.3, 0.4) is 0 Å². The van der Waals surface area contributed by atoms with Crippen molar-refractivity contribution in [3.63, 3.8) is 0 Å². The molecule has 0 amide bonds. The minimum absolute atomic E-state index is 0.0540. The second-order valence-electron chi connectivity index (χ2n) is 3.72. The van der Waals surface area contributed by atoms with Crippen LogP contribution >= 0.6 is 15.9 Å². The number of phenolic OH excluding ortho intramolecular Hbond substituents is 1. The standard InChI is InChI=1S/C11H12BrN3O/c12-9-4-7(5-13)3-8(11(9)16)10-6-14-1-2-15-10/h3-4,10,14-16H,1-2,6H2/t10-/m1/s1. The van der Waals surface area contributed by atoms with Gasteiger partial charge in [-0.2, -0.15) is 5.26 Å². The van der Waals surface area contributed by atoms with Gasteiger partial charge in [-0.25, -0.2) is 0 Å². The Kier molecular flexibility index (Phi) is 3.44. The lowest BCUT2D eigenvalue weighted by atomic mass is 10.0. The maximum atomic E-state index is 9.95. The van der Waals surface area contributed by atoms with Gasteiger partial charge in [-0.3, -0.25) is 0 Å². The zero-order valence-electron chi connectivity index (χ0n) is 8.63. The van der Waals surface area contributed by atoms with Gasteiger partial charge in [0, 0.05) is 31.2 Å². The third kappa shape index (κ3) is 2.19. The molecular formula is C11H12BrN3O. The number of halogens is 1. The van der Waals surface area contributed by atoms with Gasteiger partial charge in [-0.05, 0) is 28.1 Å². The molecule has 1 aliphatic heterocycles. The first-order chi connectivity index (χ1) is 7.72.